The number of rotatable bonds is 6. The molecule has 0 amide bonds. The minimum atomic E-state index is -0.453. The van der Waals surface area contributed by atoms with Crippen molar-refractivity contribution in [3.8, 4) is 5.75 Å². The lowest BCUT2D eigenvalue weighted by Gasteiger charge is -2.27. The molecule has 1 aliphatic carbocycles. The van der Waals surface area contributed by atoms with Gasteiger partial charge in [-0.25, -0.2) is 0 Å². The Hall–Kier alpha value is -1.06. The van der Waals surface area contributed by atoms with Crippen LogP contribution in [0.15, 0.2) is 24.3 Å². The minimum absolute atomic E-state index is 0.453. The Labute approximate surface area is 109 Å². The van der Waals surface area contributed by atoms with Crippen LogP contribution in [0.4, 0.5) is 0 Å². The average Bonchev–Trinajstić information content (AvgIpc) is 3.22. The molecule has 1 N–H and O–H groups in total. The van der Waals surface area contributed by atoms with Crippen molar-refractivity contribution < 1.29 is 9.84 Å². The van der Waals surface area contributed by atoms with Gasteiger partial charge in [0, 0.05) is 12.6 Å². The quantitative estimate of drug-likeness (QED) is 0.840. The maximum Gasteiger partial charge on any atom is 0.119 e. The zero-order chi connectivity index (χ0) is 13.1. The summed E-state index contributed by atoms with van der Waals surface area (Å²) in [5.41, 5.74) is 0.921. The lowest BCUT2D eigenvalue weighted by Crippen LogP contribution is -2.34. The molecule has 18 heavy (non-hydrogen) atoms. The summed E-state index contributed by atoms with van der Waals surface area (Å²) >= 11 is 0. The Bertz CT molecular complexity index is 390. The zero-order valence-electron chi connectivity index (χ0n) is 11.5. The number of aliphatic hydroxyl groups excluding tert-OH is 1. The van der Waals surface area contributed by atoms with Crippen molar-refractivity contribution in [2.24, 2.45) is 5.92 Å². The maximum atomic E-state index is 10.3. The van der Waals surface area contributed by atoms with Crippen molar-refractivity contribution >= 4 is 0 Å². The first-order valence-electron chi connectivity index (χ1n) is 6.64. The predicted molar refractivity (Wildman–Crippen MR) is 72.8 cm³/mol. The fourth-order valence-electron chi connectivity index (χ4n) is 2.33. The Morgan fingerprint density at radius 2 is 2.17 bits per heavy atom. The van der Waals surface area contributed by atoms with Gasteiger partial charge in [-0.3, -0.25) is 0 Å². The summed E-state index contributed by atoms with van der Waals surface area (Å²) in [7, 11) is 3.74. The van der Waals surface area contributed by atoms with E-state index in [2.05, 4.69) is 18.9 Å². The van der Waals surface area contributed by atoms with Crippen LogP contribution in [0.3, 0.4) is 0 Å². The molecule has 0 saturated heterocycles. The van der Waals surface area contributed by atoms with Crippen LogP contribution in [0, 0.1) is 5.92 Å². The summed E-state index contributed by atoms with van der Waals surface area (Å²) in [6.45, 7) is 2.92. The van der Waals surface area contributed by atoms with E-state index in [4.69, 9.17) is 4.74 Å². The number of methoxy groups -OCH3 is 1. The summed E-state index contributed by atoms with van der Waals surface area (Å²) in [5.74, 6) is 1.62. The number of hydrogen-bond donors (Lipinski definition) is 1. The third kappa shape index (κ3) is 3.24. The fraction of sp³-hybridized carbons (Fsp3) is 0.600. The van der Waals surface area contributed by atoms with Gasteiger partial charge in [0.25, 0.3) is 0 Å². The van der Waals surface area contributed by atoms with E-state index in [9.17, 15) is 5.11 Å². The molecule has 100 valence electrons. The highest BCUT2D eigenvalue weighted by molar-refractivity contribution is 5.29. The lowest BCUT2D eigenvalue weighted by molar-refractivity contribution is 0.102. The van der Waals surface area contributed by atoms with Crippen LogP contribution in [-0.2, 0) is 0 Å². The van der Waals surface area contributed by atoms with Gasteiger partial charge in [0.15, 0.2) is 0 Å². The van der Waals surface area contributed by atoms with Gasteiger partial charge in [-0.2, -0.15) is 0 Å². The second kappa shape index (κ2) is 5.72. The molecule has 0 spiro atoms. The molecular weight excluding hydrogens is 226 g/mol. The van der Waals surface area contributed by atoms with Crippen molar-refractivity contribution in [1.29, 1.82) is 0 Å². The molecule has 0 unspecified atom stereocenters. The molecule has 0 aliphatic heterocycles. The summed E-state index contributed by atoms with van der Waals surface area (Å²) < 4.78 is 5.18. The highest BCUT2D eigenvalue weighted by Gasteiger charge is 2.31. The maximum absolute atomic E-state index is 10.3. The van der Waals surface area contributed by atoms with Crippen molar-refractivity contribution in [3.05, 3.63) is 29.8 Å². The smallest absolute Gasteiger partial charge is 0.119 e. The first-order chi connectivity index (χ1) is 8.61. The Morgan fingerprint density at radius 1 is 1.44 bits per heavy atom. The van der Waals surface area contributed by atoms with Crippen molar-refractivity contribution in [3.63, 3.8) is 0 Å². The van der Waals surface area contributed by atoms with E-state index in [0.29, 0.717) is 12.6 Å². The Balaban J connectivity index is 1.95. The molecule has 1 aromatic carbocycles. The summed E-state index contributed by atoms with van der Waals surface area (Å²) in [6, 6.07) is 8.22. The largest absolute Gasteiger partial charge is 0.497 e. The first kappa shape index (κ1) is 13.4. The fourth-order valence-corrected chi connectivity index (χ4v) is 2.33. The van der Waals surface area contributed by atoms with Crippen LogP contribution in [-0.4, -0.2) is 36.8 Å². The van der Waals surface area contributed by atoms with E-state index in [1.807, 2.05) is 24.3 Å². The number of hydrogen-bond acceptors (Lipinski definition) is 3. The topological polar surface area (TPSA) is 32.7 Å². The molecule has 1 aliphatic rings. The van der Waals surface area contributed by atoms with Gasteiger partial charge in [0.1, 0.15) is 5.75 Å². The number of nitrogens with zero attached hydrogens (tertiary/aromatic N) is 1. The molecule has 0 aromatic heterocycles. The molecular formula is C15H23NO2. The van der Waals surface area contributed by atoms with Crippen molar-refractivity contribution in [2.45, 2.75) is 31.9 Å². The first-order valence-corrected chi connectivity index (χ1v) is 6.64. The Kier molecular flexibility index (Phi) is 4.25. The highest BCUT2D eigenvalue weighted by Crippen LogP contribution is 2.35. The van der Waals surface area contributed by atoms with E-state index in [-0.39, 0.29) is 0 Å². The van der Waals surface area contributed by atoms with Gasteiger partial charge in [0.05, 0.1) is 13.2 Å². The number of likely N-dealkylation sites (N-methyl/N-ethyl adjacent to an activating group) is 1. The second-order valence-corrected chi connectivity index (χ2v) is 5.31. The number of aliphatic hydroxyl groups is 1. The average molecular weight is 249 g/mol. The normalized spacial score (nSPS) is 18.7. The molecule has 0 bridgehead atoms. The van der Waals surface area contributed by atoms with Gasteiger partial charge < -0.3 is 14.7 Å². The van der Waals surface area contributed by atoms with Crippen molar-refractivity contribution in [2.75, 3.05) is 20.7 Å². The molecule has 2 rings (SSSR count). The van der Waals surface area contributed by atoms with Crippen LogP contribution >= 0.6 is 0 Å². The summed E-state index contributed by atoms with van der Waals surface area (Å²) in [4.78, 5) is 2.25. The minimum Gasteiger partial charge on any atom is -0.497 e. The van der Waals surface area contributed by atoms with Crippen LogP contribution < -0.4 is 4.74 Å². The van der Waals surface area contributed by atoms with Gasteiger partial charge in [0.2, 0.25) is 0 Å². The van der Waals surface area contributed by atoms with Gasteiger partial charge in [-0.05, 0) is 50.4 Å². The molecule has 0 radical (unpaired) electrons. The summed E-state index contributed by atoms with van der Waals surface area (Å²) in [6.07, 6.45) is 2.22. The molecule has 0 heterocycles. The molecule has 1 saturated carbocycles. The standard InChI is InChI=1S/C15H23NO2/c1-11(12-7-8-12)16(2)10-15(17)13-5-4-6-14(9-13)18-3/h4-6,9,11-12,15,17H,7-8,10H2,1-3H3/t11-,15+/m0/s1. The van der Waals surface area contributed by atoms with Gasteiger partial charge in [-0.15, -0.1) is 0 Å². The van der Waals surface area contributed by atoms with E-state index in [1.54, 1.807) is 7.11 Å². The number of benzene rings is 1. The van der Waals surface area contributed by atoms with Crippen LogP contribution in [0.5, 0.6) is 5.75 Å². The molecule has 1 aromatic rings. The van der Waals surface area contributed by atoms with E-state index in [1.165, 1.54) is 12.8 Å². The van der Waals surface area contributed by atoms with Crippen LogP contribution in [0.25, 0.3) is 0 Å². The van der Waals surface area contributed by atoms with E-state index >= 15 is 0 Å². The lowest BCUT2D eigenvalue weighted by atomic mass is 10.1. The van der Waals surface area contributed by atoms with Gasteiger partial charge in [-0.1, -0.05) is 12.1 Å². The zero-order valence-corrected chi connectivity index (χ0v) is 11.5. The van der Waals surface area contributed by atoms with E-state index < -0.39 is 6.10 Å². The van der Waals surface area contributed by atoms with Crippen LogP contribution in [0.2, 0.25) is 0 Å². The SMILES string of the molecule is COc1cccc([C@H](O)CN(C)[C@@H](C)C2CC2)c1. The monoisotopic (exact) mass is 249 g/mol. The van der Waals surface area contributed by atoms with E-state index in [0.717, 1.165) is 17.2 Å². The third-order valence-electron chi connectivity index (χ3n) is 3.94. The molecule has 3 heteroatoms. The molecule has 1 fully saturated rings. The summed E-state index contributed by atoms with van der Waals surface area (Å²) in [5, 5.41) is 10.3. The Morgan fingerprint density at radius 3 is 2.78 bits per heavy atom. The molecule has 3 nitrogen and oxygen atoms in total. The van der Waals surface area contributed by atoms with Crippen LogP contribution in [0.1, 0.15) is 31.4 Å². The second-order valence-electron chi connectivity index (χ2n) is 5.31. The van der Waals surface area contributed by atoms with Gasteiger partial charge >= 0.3 is 0 Å². The van der Waals surface area contributed by atoms with Crippen molar-refractivity contribution in [1.82, 2.24) is 4.90 Å². The predicted octanol–water partition coefficient (Wildman–Crippen LogP) is 2.46. The molecule has 2 atom stereocenters. The third-order valence-corrected chi connectivity index (χ3v) is 3.94. The number of ether oxygens (including phenoxy) is 1. The highest BCUT2D eigenvalue weighted by atomic mass is 16.5.